The monoisotopic (exact) mass is 229 g/mol. The molecule has 2 rings (SSSR count). The van der Waals surface area contributed by atoms with Crippen LogP contribution in [0.4, 0.5) is 0 Å². The molecule has 1 aromatic rings. The van der Waals surface area contributed by atoms with Gasteiger partial charge in [0.1, 0.15) is 0 Å². The van der Waals surface area contributed by atoms with Gasteiger partial charge in [-0.15, -0.1) is 0 Å². The van der Waals surface area contributed by atoms with Gasteiger partial charge in [0.15, 0.2) is 0 Å². The molecule has 0 amide bonds. The van der Waals surface area contributed by atoms with Crippen molar-refractivity contribution in [2.45, 2.75) is 19.4 Å². The predicted octanol–water partition coefficient (Wildman–Crippen LogP) is 3.66. The molecule has 1 nitrogen and oxygen atoms in total. The highest BCUT2D eigenvalue weighted by Gasteiger charge is 2.23. The van der Waals surface area contributed by atoms with Gasteiger partial charge in [0.05, 0.1) is 0 Å². The molecular formula is C11H13Cl2N. The molecule has 0 radical (unpaired) electrons. The molecule has 1 N–H and O–H groups in total. The number of halogens is 2. The van der Waals surface area contributed by atoms with Crippen molar-refractivity contribution in [3.05, 3.63) is 33.8 Å². The van der Waals surface area contributed by atoms with E-state index in [-0.39, 0.29) is 0 Å². The van der Waals surface area contributed by atoms with Crippen molar-refractivity contribution in [2.24, 2.45) is 5.92 Å². The smallest absolute Gasteiger partial charge is 0.0454 e. The van der Waals surface area contributed by atoms with Crippen molar-refractivity contribution in [1.29, 1.82) is 0 Å². The molecule has 3 heteroatoms. The molecule has 1 fully saturated rings. The van der Waals surface area contributed by atoms with E-state index in [0.29, 0.717) is 6.04 Å². The maximum Gasteiger partial charge on any atom is 0.0454 e. The molecule has 0 spiro atoms. The highest BCUT2D eigenvalue weighted by Crippen LogP contribution is 2.33. The summed E-state index contributed by atoms with van der Waals surface area (Å²) < 4.78 is 0. The van der Waals surface area contributed by atoms with Crippen LogP contribution in [0.5, 0.6) is 0 Å². The van der Waals surface area contributed by atoms with E-state index in [4.69, 9.17) is 23.2 Å². The van der Waals surface area contributed by atoms with Crippen LogP contribution in [0.25, 0.3) is 0 Å². The summed E-state index contributed by atoms with van der Waals surface area (Å²) in [5, 5.41) is 5.01. The van der Waals surface area contributed by atoms with Crippen LogP contribution in [0, 0.1) is 5.92 Å². The van der Waals surface area contributed by atoms with Crippen LogP contribution in [0.2, 0.25) is 10.0 Å². The second-order valence-corrected chi connectivity index (χ2v) is 4.81. The fourth-order valence-electron chi connectivity index (χ4n) is 1.93. The van der Waals surface area contributed by atoms with Gasteiger partial charge in [-0.3, -0.25) is 0 Å². The molecule has 1 saturated heterocycles. The van der Waals surface area contributed by atoms with E-state index in [1.54, 1.807) is 0 Å². The first-order valence-electron chi connectivity index (χ1n) is 4.85. The van der Waals surface area contributed by atoms with Crippen LogP contribution >= 0.6 is 23.2 Å². The third-order valence-corrected chi connectivity index (χ3v) is 3.26. The maximum absolute atomic E-state index is 6.13. The number of hydrogen-bond acceptors (Lipinski definition) is 1. The molecule has 0 aliphatic carbocycles. The normalized spacial score (nSPS) is 26.8. The number of hydrogen-bond donors (Lipinski definition) is 1. The molecule has 76 valence electrons. The summed E-state index contributed by atoms with van der Waals surface area (Å²) in [6, 6.07) is 6.02. The minimum atomic E-state index is 0.371. The van der Waals surface area contributed by atoms with Gasteiger partial charge >= 0.3 is 0 Å². The van der Waals surface area contributed by atoms with Gasteiger partial charge in [-0.05, 0) is 42.6 Å². The Kier molecular flexibility index (Phi) is 3.01. The van der Waals surface area contributed by atoms with Gasteiger partial charge in [0, 0.05) is 16.1 Å². The van der Waals surface area contributed by atoms with Crippen LogP contribution in [-0.4, -0.2) is 6.54 Å². The van der Waals surface area contributed by atoms with Crippen molar-refractivity contribution in [1.82, 2.24) is 5.32 Å². The lowest BCUT2D eigenvalue weighted by molar-refractivity contribution is 0.612. The summed E-state index contributed by atoms with van der Waals surface area (Å²) in [4.78, 5) is 0. The zero-order chi connectivity index (χ0) is 10.1. The van der Waals surface area contributed by atoms with Gasteiger partial charge < -0.3 is 5.32 Å². The van der Waals surface area contributed by atoms with E-state index < -0.39 is 0 Å². The topological polar surface area (TPSA) is 12.0 Å². The van der Waals surface area contributed by atoms with E-state index in [2.05, 4.69) is 12.2 Å². The molecule has 2 atom stereocenters. The SMILES string of the molecule is C[C@@H]1CN[C@H](c2cc(Cl)ccc2Cl)C1. The molecule has 1 aliphatic rings. The number of rotatable bonds is 1. The van der Waals surface area contributed by atoms with Crippen LogP contribution < -0.4 is 5.32 Å². The largest absolute Gasteiger partial charge is 0.310 e. The Morgan fingerprint density at radius 2 is 2.14 bits per heavy atom. The zero-order valence-electron chi connectivity index (χ0n) is 8.06. The summed E-state index contributed by atoms with van der Waals surface area (Å²) in [6.07, 6.45) is 1.14. The van der Waals surface area contributed by atoms with Crippen LogP contribution in [0.1, 0.15) is 24.9 Å². The highest BCUT2D eigenvalue weighted by molar-refractivity contribution is 6.33. The third-order valence-electron chi connectivity index (χ3n) is 2.68. The first-order valence-corrected chi connectivity index (χ1v) is 5.60. The first kappa shape index (κ1) is 10.3. The van der Waals surface area contributed by atoms with Gasteiger partial charge in [0.2, 0.25) is 0 Å². The highest BCUT2D eigenvalue weighted by atomic mass is 35.5. The van der Waals surface area contributed by atoms with Crippen molar-refractivity contribution < 1.29 is 0 Å². The summed E-state index contributed by atoms with van der Waals surface area (Å²) in [5.74, 6) is 0.718. The average Bonchev–Trinajstić information content (AvgIpc) is 2.56. The van der Waals surface area contributed by atoms with Crippen LogP contribution in [0.3, 0.4) is 0 Å². The quantitative estimate of drug-likeness (QED) is 0.776. The molecular weight excluding hydrogens is 217 g/mol. The lowest BCUT2D eigenvalue weighted by Crippen LogP contribution is -2.13. The van der Waals surface area contributed by atoms with E-state index in [0.717, 1.165) is 34.5 Å². The Balaban J connectivity index is 2.27. The number of nitrogens with one attached hydrogen (secondary N) is 1. The van der Waals surface area contributed by atoms with Crippen molar-refractivity contribution in [3.8, 4) is 0 Å². The van der Waals surface area contributed by atoms with Gasteiger partial charge in [-0.1, -0.05) is 30.1 Å². The molecule has 0 bridgehead atoms. The van der Waals surface area contributed by atoms with Crippen LogP contribution in [-0.2, 0) is 0 Å². The molecule has 0 aromatic heterocycles. The fraction of sp³-hybridized carbons (Fsp3) is 0.455. The molecule has 1 aromatic carbocycles. The Hall–Kier alpha value is -0.240. The first-order chi connectivity index (χ1) is 6.66. The standard InChI is InChI=1S/C11H13Cl2N/c1-7-4-11(14-6-7)9-5-8(12)2-3-10(9)13/h2-3,5,7,11,14H,4,6H2,1H3/t7-,11-/m0/s1. The van der Waals surface area contributed by atoms with Gasteiger partial charge in [0.25, 0.3) is 0 Å². The van der Waals surface area contributed by atoms with Crippen molar-refractivity contribution >= 4 is 23.2 Å². The fourth-order valence-corrected chi connectivity index (χ4v) is 2.36. The molecule has 14 heavy (non-hydrogen) atoms. The van der Waals surface area contributed by atoms with Crippen molar-refractivity contribution in [2.75, 3.05) is 6.54 Å². The summed E-state index contributed by atoms with van der Waals surface area (Å²) in [6.45, 7) is 3.30. The third kappa shape index (κ3) is 2.05. The average molecular weight is 230 g/mol. The summed E-state index contributed by atoms with van der Waals surface area (Å²) in [5.41, 5.74) is 1.13. The Morgan fingerprint density at radius 3 is 2.79 bits per heavy atom. The second kappa shape index (κ2) is 4.09. The van der Waals surface area contributed by atoms with E-state index >= 15 is 0 Å². The minimum Gasteiger partial charge on any atom is -0.310 e. The zero-order valence-corrected chi connectivity index (χ0v) is 9.57. The molecule has 0 saturated carbocycles. The predicted molar refractivity (Wildman–Crippen MR) is 61.0 cm³/mol. The van der Waals surface area contributed by atoms with Gasteiger partial charge in [-0.2, -0.15) is 0 Å². The Labute approximate surface area is 94.4 Å². The van der Waals surface area contributed by atoms with Gasteiger partial charge in [-0.25, -0.2) is 0 Å². The van der Waals surface area contributed by atoms with E-state index in [1.165, 1.54) is 0 Å². The Bertz CT molecular complexity index is 338. The number of benzene rings is 1. The summed E-state index contributed by atoms with van der Waals surface area (Å²) >= 11 is 12.1. The van der Waals surface area contributed by atoms with E-state index in [1.807, 2.05) is 18.2 Å². The van der Waals surface area contributed by atoms with Crippen molar-refractivity contribution in [3.63, 3.8) is 0 Å². The second-order valence-electron chi connectivity index (χ2n) is 3.97. The lowest BCUT2D eigenvalue weighted by Gasteiger charge is -2.12. The van der Waals surface area contributed by atoms with Crippen LogP contribution in [0.15, 0.2) is 18.2 Å². The minimum absolute atomic E-state index is 0.371. The summed E-state index contributed by atoms with van der Waals surface area (Å²) in [7, 11) is 0. The molecule has 1 aliphatic heterocycles. The maximum atomic E-state index is 6.13. The molecule has 1 heterocycles. The molecule has 0 unspecified atom stereocenters. The lowest BCUT2D eigenvalue weighted by atomic mass is 10.0. The van der Waals surface area contributed by atoms with E-state index in [9.17, 15) is 0 Å². The Morgan fingerprint density at radius 1 is 1.36 bits per heavy atom.